The molecule has 1 fully saturated rings. The molecular weight excluding hydrogens is 352 g/mol. The molecular formula is C24H27ClN2. The molecule has 0 saturated heterocycles. The Bertz CT molecular complexity index is 1000. The molecule has 4 aliphatic rings. The maximum Gasteiger partial charge on any atom is 0.0567 e. The first-order chi connectivity index (χ1) is 12.8. The molecule has 3 heterocycles. The van der Waals surface area contributed by atoms with Crippen molar-refractivity contribution in [1.82, 2.24) is 9.55 Å². The van der Waals surface area contributed by atoms with E-state index < -0.39 is 0 Å². The Morgan fingerprint density at radius 3 is 2.85 bits per heavy atom. The maximum absolute atomic E-state index is 4.44. The van der Waals surface area contributed by atoms with Crippen LogP contribution in [0, 0.1) is 17.8 Å². The molecule has 2 atom stereocenters. The predicted octanol–water partition coefficient (Wildman–Crippen LogP) is 6.41. The van der Waals surface area contributed by atoms with Crippen LogP contribution < -0.4 is 0 Å². The second kappa shape index (κ2) is 6.38. The van der Waals surface area contributed by atoms with E-state index in [-0.39, 0.29) is 12.4 Å². The molecule has 1 saturated carbocycles. The van der Waals surface area contributed by atoms with Crippen molar-refractivity contribution in [2.75, 3.05) is 0 Å². The number of halogens is 1. The van der Waals surface area contributed by atoms with Gasteiger partial charge in [0.15, 0.2) is 0 Å². The molecule has 3 aliphatic carbocycles. The van der Waals surface area contributed by atoms with Crippen LogP contribution in [-0.2, 0) is 6.42 Å². The van der Waals surface area contributed by atoms with Gasteiger partial charge in [-0.1, -0.05) is 25.2 Å². The fraction of sp³-hybridized carbons (Fsp3) is 0.458. The zero-order valence-electron chi connectivity index (χ0n) is 15.9. The molecule has 2 unspecified atom stereocenters. The highest BCUT2D eigenvalue weighted by atomic mass is 35.5. The summed E-state index contributed by atoms with van der Waals surface area (Å²) in [6.45, 7) is 2.51. The number of rotatable bonds is 2. The number of nitrogens with zero attached hydrogens (tertiary/aromatic N) is 2. The molecule has 3 heteroatoms. The Balaban J connectivity index is 0.00000160. The number of fused-ring (bicyclic) bond motifs is 4. The van der Waals surface area contributed by atoms with Crippen LogP contribution in [0.3, 0.4) is 0 Å². The summed E-state index contributed by atoms with van der Waals surface area (Å²) in [5.41, 5.74) is 8.89. The molecule has 0 radical (unpaired) electrons. The third-order valence-electron chi connectivity index (χ3n) is 7.35. The van der Waals surface area contributed by atoms with Gasteiger partial charge in [0.1, 0.15) is 0 Å². The van der Waals surface area contributed by atoms with Gasteiger partial charge in [-0.15, -0.1) is 12.4 Å². The zero-order valence-corrected chi connectivity index (χ0v) is 16.8. The van der Waals surface area contributed by atoms with Crippen LogP contribution in [0.2, 0.25) is 0 Å². The van der Waals surface area contributed by atoms with E-state index in [2.05, 4.69) is 47.0 Å². The van der Waals surface area contributed by atoms with Gasteiger partial charge in [0.25, 0.3) is 0 Å². The lowest BCUT2D eigenvalue weighted by molar-refractivity contribution is 0.295. The third kappa shape index (κ3) is 2.56. The van der Waals surface area contributed by atoms with E-state index in [4.69, 9.17) is 0 Å². The van der Waals surface area contributed by atoms with Crippen molar-refractivity contribution in [3.05, 3.63) is 53.5 Å². The predicted molar refractivity (Wildman–Crippen MR) is 115 cm³/mol. The average molecular weight is 379 g/mol. The van der Waals surface area contributed by atoms with Crippen molar-refractivity contribution in [3.8, 4) is 0 Å². The van der Waals surface area contributed by atoms with Crippen molar-refractivity contribution >= 4 is 34.6 Å². The molecule has 0 N–H and O–H groups in total. The lowest BCUT2D eigenvalue weighted by Gasteiger charge is -2.31. The molecule has 0 aromatic carbocycles. The smallest absolute Gasteiger partial charge is 0.0567 e. The number of allylic oxidation sites excluding steroid dienone is 6. The van der Waals surface area contributed by atoms with Gasteiger partial charge in [-0.3, -0.25) is 4.98 Å². The van der Waals surface area contributed by atoms with Gasteiger partial charge in [-0.25, -0.2) is 0 Å². The van der Waals surface area contributed by atoms with Gasteiger partial charge in [0, 0.05) is 23.5 Å². The second-order valence-corrected chi connectivity index (χ2v) is 8.76. The normalized spacial score (nSPS) is 24.6. The highest BCUT2D eigenvalue weighted by Gasteiger charge is 2.36. The van der Waals surface area contributed by atoms with Gasteiger partial charge in [-0.05, 0) is 85.5 Å². The standard InChI is InChI=1S/C24H26N2.ClH/c1-15(16-5-6-16)18-9-10-22-19(13-18)8-7-17-3-2-4-20-21-14-25-12-11-23(21)26(22)24(17)20;/h3,7-8,11-12,14-16,18H,2,4-6,9-10,13H2,1H3;1H. The third-order valence-corrected chi connectivity index (χ3v) is 7.35. The summed E-state index contributed by atoms with van der Waals surface area (Å²) in [5.74, 6) is 2.77. The highest BCUT2D eigenvalue weighted by molar-refractivity contribution is 5.96. The number of aromatic nitrogens is 2. The Labute approximate surface area is 167 Å². The minimum absolute atomic E-state index is 0. The van der Waals surface area contributed by atoms with Crippen LogP contribution in [0.25, 0.3) is 22.2 Å². The van der Waals surface area contributed by atoms with E-state index in [1.165, 1.54) is 59.8 Å². The van der Waals surface area contributed by atoms with Gasteiger partial charge < -0.3 is 4.57 Å². The fourth-order valence-electron chi connectivity index (χ4n) is 5.70. The molecule has 1 aliphatic heterocycles. The zero-order chi connectivity index (χ0) is 17.3. The molecule has 0 bridgehead atoms. The Morgan fingerprint density at radius 2 is 2.00 bits per heavy atom. The van der Waals surface area contributed by atoms with Crippen molar-refractivity contribution in [1.29, 1.82) is 0 Å². The summed E-state index contributed by atoms with van der Waals surface area (Å²) in [6.07, 6.45) is 20.4. The minimum Gasteiger partial charge on any atom is -0.312 e. The van der Waals surface area contributed by atoms with Crippen LogP contribution in [0.15, 0.2) is 42.3 Å². The van der Waals surface area contributed by atoms with Crippen LogP contribution >= 0.6 is 12.4 Å². The first kappa shape index (κ1) is 17.3. The van der Waals surface area contributed by atoms with Gasteiger partial charge in [0.05, 0.1) is 11.2 Å². The van der Waals surface area contributed by atoms with Crippen molar-refractivity contribution in [3.63, 3.8) is 0 Å². The van der Waals surface area contributed by atoms with Crippen LogP contribution in [0.5, 0.6) is 0 Å². The van der Waals surface area contributed by atoms with Gasteiger partial charge >= 0.3 is 0 Å². The molecule has 6 rings (SSSR count). The van der Waals surface area contributed by atoms with Crippen LogP contribution in [0.1, 0.15) is 56.7 Å². The van der Waals surface area contributed by atoms with E-state index >= 15 is 0 Å². The van der Waals surface area contributed by atoms with E-state index in [1.807, 2.05) is 6.20 Å². The number of hydrogen-bond donors (Lipinski definition) is 0. The quantitative estimate of drug-likeness (QED) is 0.589. The maximum atomic E-state index is 4.44. The largest absolute Gasteiger partial charge is 0.312 e. The van der Waals surface area contributed by atoms with Crippen molar-refractivity contribution in [2.24, 2.45) is 17.8 Å². The molecule has 0 spiro atoms. The minimum atomic E-state index is 0. The molecule has 140 valence electrons. The summed E-state index contributed by atoms with van der Waals surface area (Å²) in [5, 5.41) is 1.36. The first-order valence-corrected chi connectivity index (χ1v) is 10.4. The Morgan fingerprint density at radius 1 is 1.11 bits per heavy atom. The monoisotopic (exact) mass is 378 g/mol. The van der Waals surface area contributed by atoms with E-state index in [9.17, 15) is 0 Å². The molecule has 2 nitrogen and oxygen atoms in total. The van der Waals surface area contributed by atoms with Crippen LogP contribution in [0.4, 0.5) is 0 Å². The molecule has 27 heavy (non-hydrogen) atoms. The average Bonchev–Trinajstić information content (AvgIpc) is 3.49. The van der Waals surface area contributed by atoms with E-state index in [0.717, 1.165) is 30.6 Å². The first-order valence-electron chi connectivity index (χ1n) is 10.4. The Hall–Kier alpha value is -1.80. The summed E-state index contributed by atoms with van der Waals surface area (Å²) in [7, 11) is 0. The molecule has 0 amide bonds. The SMILES string of the molecule is CC(C1CC1)C1CCC2=C(C=CC3=CCCc4c3n2c2ccncc42)C1.Cl. The summed E-state index contributed by atoms with van der Waals surface area (Å²) >= 11 is 0. The van der Waals surface area contributed by atoms with Crippen molar-refractivity contribution in [2.45, 2.75) is 51.9 Å². The highest BCUT2D eigenvalue weighted by Crippen LogP contribution is 2.49. The Kier molecular flexibility index (Phi) is 4.09. The lowest BCUT2D eigenvalue weighted by Crippen LogP contribution is -2.20. The fourth-order valence-corrected chi connectivity index (χ4v) is 5.70. The number of pyridine rings is 1. The summed E-state index contributed by atoms with van der Waals surface area (Å²) in [6, 6.07) is 2.22. The summed E-state index contributed by atoms with van der Waals surface area (Å²) in [4.78, 5) is 4.44. The second-order valence-electron chi connectivity index (χ2n) is 8.76. The lowest BCUT2D eigenvalue weighted by atomic mass is 9.77. The van der Waals surface area contributed by atoms with Gasteiger partial charge in [0.2, 0.25) is 0 Å². The van der Waals surface area contributed by atoms with Crippen LogP contribution in [-0.4, -0.2) is 9.55 Å². The van der Waals surface area contributed by atoms with E-state index in [1.54, 1.807) is 11.3 Å². The van der Waals surface area contributed by atoms with Gasteiger partial charge in [-0.2, -0.15) is 0 Å². The number of hydrogen-bond acceptors (Lipinski definition) is 1. The topological polar surface area (TPSA) is 17.8 Å². The van der Waals surface area contributed by atoms with E-state index in [0.29, 0.717) is 0 Å². The van der Waals surface area contributed by atoms with Crippen molar-refractivity contribution < 1.29 is 0 Å². The summed E-state index contributed by atoms with van der Waals surface area (Å²) < 4.78 is 2.60. The number of aryl methyl sites for hydroxylation is 1. The molecule has 2 aromatic heterocycles. The molecule has 2 aromatic rings.